The molecule has 3 heteroatoms. The summed E-state index contributed by atoms with van der Waals surface area (Å²) in [4.78, 5) is 12.9. The maximum absolute atomic E-state index is 10.4. The topological polar surface area (TPSA) is 32.3 Å². The number of carbonyl (C=O) groups is 1. The van der Waals surface area contributed by atoms with Crippen molar-refractivity contribution in [2.75, 3.05) is 6.54 Å². The van der Waals surface area contributed by atoms with E-state index in [1.807, 2.05) is 6.07 Å². The molecule has 0 spiro atoms. The summed E-state index contributed by atoms with van der Waals surface area (Å²) in [5.74, 6) is 0. The van der Waals surface area contributed by atoms with Gasteiger partial charge in [-0.3, -0.25) is 9.69 Å². The van der Waals surface area contributed by atoms with Crippen LogP contribution in [0, 0.1) is 0 Å². The quantitative estimate of drug-likeness (QED) is 0.803. The Kier molecular flexibility index (Phi) is 4.15. The van der Waals surface area contributed by atoms with Crippen LogP contribution in [-0.2, 0) is 11.3 Å². The molecule has 1 heterocycles. The molecule has 1 amide bonds. The fourth-order valence-corrected chi connectivity index (χ4v) is 2.52. The van der Waals surface area contributed by atoms with Crippen molar-refractivity contribution in [3.05, 3.63) is 35.9 Å². The number of carbonyl (C=O) groups excluding carboxylic acids is 1. The second-order valence-electron chi connectivity index (χ2n) is 4.81. The molecule has 1 saturated heterocycles. The highest BCUT2D eigenvalue weighted by Gasteiger charge is 2.24. The van der Waals surface area contributed by atoms with E-state index < -0.39 is 0 Å². The van der Waals surface area contributed by atoms with Crippen molar-refractivity contribution in [1.29, 1.82) is 0 Å². The predicted octanol–water partition coefficient (Wildman–Crippen LogP) is 1.79. The lowest BCUT2D eigenvalue weighted by atomic mass is 9.98. The molecule has 2 rings (SSSR count). The Morgan fingerprint density at radius 1 is 1.41 bits per heavy atom. The number of nitrogens with zero attached hydrogens (tertiary/aromatic N) is 1. The highest BCUT2D eigenvalue weighted by atomic mass is 16.1. The number of amides is 1. The van der Waals surface area contributed by atoms with Crippen molar-refractivity contribution in [2.24, 2.45) is 0 Å². The van der Waals surface area contributed by atoms with Gasteiger partial charge < -0.3 is 5.32 Å². The van der Waals surface area contributed by atoms with Crippen LogP contribution in [0.5, 0.6) is 0 Å². The average molecular weight is 232 g/mol. The summed E-state index contributed by atoms with van der Waals surface area (Å²) in [7, 11) is 0. The van der Waals surface area contributed by atoms with Crippen molar-refractivity contribution in [1.82, 2.24) is 10.2 Å². The highest BCUT2D eigenvalue weighted by Crippen LogP contribution is 2.19. The maximum Gasteiger partial charge on any atom is 0.207 e. The van der Waals surface area contributed by atoms with Crippen molar-refractivity contribution in [2.45, 2.75) is 38.4 Å². The lowest BCUT2D eigenvalue weighted by molar-refractivity contribution is -0.110. The third-order valence-corrected chi connectivity index (χ3v) is 3.55. The largest absolute Gasteiger partial charge is 0.356 e. The minimum absolute atomic E-state index is 0.356. The van der Waals surface area contributed by atoms with E-state index in [-0.39, 0.29) is 0 Å². The molecule has 0 bridgehead atoms. The van der Waals surface area contributed by atoms with E-state index in [1.165, 1.54) is 5.56 Å². The highest BCUT2D eigenvalue weighted by molar-refractivity contribution is 5.46. The first-order valence-electron chi connectivity index (χ1n) is 6.27. The Morgan fingerprint density at radius 2 is 2.18 bits per heavy atom. The van der Waals surface area contributed by atoms with E-state index in [9.17, 15) is 4.79 Å². The number of rotatable bonds is 4. The number of hydrogen-bond donors (Lipinski definition) is 1. The average Bonchev–Trinajstić information content (AvgIpc) is 2.34. The second kappa shape index (κ2) is 5.82. The molecule has 0 aromatic heterocycles. The monoisotopic (exact) mass is 232 g/mol. The van der Waals surface area contributed by atoms with Gasteiger partial charge in [-0.05, 0) is 25.3 Å². The fourth-order valence-electron chi connectivity index (χ4n) is 2.52. The zero-order chi connectivity index (χ0) is 12.1. The first-order chi connectivity index (χ1) is 8.29. The standard InChI is InChI=1S/C14H20N2O/c1-12-9-14(15-11-17)7-8-16(12)10-13-5-3-2-4-6-13/h2-6,11-12,14H,7-10H2,1H3,(H,15,17). The normalized spacial score (nSPS) is 25.5. The van der Waals surface area contributed by atoms with E-state index in [2.05, 4.69) is 41.4 Å². The molecule has 1 aliphatic heterocycles. The number of likely N-dealkylation sites (tertiary alicyclic amines) is 1. The molecule has 92 valence electrons. The molecule has 1 aromatic carbocycles. The molecular formula is C14H20N2O. The zero-order valence-electron chi connectivity index (χ0n) is 10.3. The van der Waals surface area contributed by atoms with E-state index >= 15 is 0 Å². The van der Waals surface area contributed by atoms with E-state index in [0.717, 1.165) is 32.3 Å². The van der Waals surface area contributed by atoms with Crippen LogP contribution in [0.4, 0.5) is 0 Å². The molecule has 1 fully saturated rings. The molecule has 0 saturated carbocycles. The molecule has 3 nitrogen and oxygen atoms in total. The Bertz CT molecular complexity index is 352. The van der Waals surface area contributed by atoms with Crippen LogP contribution in [0.15, 0.2) is 30.3 Å². The van der Waals surface area contributed by atoms with Crippen LogP contribution in [0.25, 0.3) is 0 Å². The molecule has 2 unspecified atom stereocenters. The van der Waals surface area contributed by atoms with Gasteiger partial charge in [-0.1, -0.05) is 30.3 Å². The fraction of sp³-hybridized carbons (Fsp3) is 0.500. The Balaban J connectivity index is 1.89. The van der Waals surface area contributed by atoms with Crippen LogP contribution in [0.1, 0.15) is 25.3 Å². The summed E-state index contributed by atoms with van der Waals surface area (Å²) in [5.41, 5.74) is 1.36. The minimum atomic E-state index is 0.356. The lowest BCUT2D eigenvalue weighted by Crippen LogP contribution is -2.46. The van der Waals surface area contributed by atoms with Gasteiger partial charge >= 0.3 is 0 Å². The van der Waals surface area contributed by atoms with Gasteiger partial charge in [-0.15, -0.1) is 0 Å². The van der Waals surface area contributed by atoms with Crippen molar-refractivity contribution in [3.8, 4) is 0 Å². The number of hydrogen-bond acceptors (Lipinski definition) is 2. The van der Waals surface area contributed by atoms with E-state index in [4.69, 9.17) is 0 Å². The summed E-state index contributed by atoms with van der Waals surface area (Å²) < 4.78 is 0. The third-order valence-electron chi connectivity index (χ3n) is 3.55. The molecule has 1 aromatic rings. The van der Waals surface area contributed by atoms with Crippen molar-refractivity contribution < 1.29 is 4.79 Å². The first kappa shape index (κ1) is 12.1. The SMILES string of the molecule is CC1CC(NC=O)CCN1Cc1ccccc1. The van der Waals surface area contributed by atoms with Crippen molar-refractivity contribution in [3.63, 3.8) is 0 Å². The molecule has 0 radical (unpaired) electrons. The maximum atomic E-state index is 10.4. The lowest BCUT2D eigenvalue weighted by Gasteiger charge is -2.37. The van der Waals surface area contributed by atoms with Gasteiger partial charge in [-0.2, -0.15) is 0 Å². The molecule has 17 heavy (non-hydrogen) atoms. The minimum Gasteiger partial charge on any atom is -0.356 e. The zero-order valence-corrected chi connectivity index (χ0v) is 10.3. The molecule has 2 atom stereocenters. The van der Waals surface area contributed by atoms with Gasteiger partial charge in [0.25, 0.3) is 0 Å². The summed E-state index contributed by atoms with van der Waals surface area (Å²) in [6, 6.07) is 11.4. The van der Waals surface area contributed by atoms with Crippen LogP contribution in [0.2, 0.25) is 0 Å². The summed E-state index contributed by atoms with van der Waals surface area (Å²) >= 11 is 0. The number of nitrogens with one attached hydrogen (secondary N) is 1. The third kappa shape index (κ3) is 3.30. The first-order valence-corrected chi connectivity index (χ1v) is 6.27. The molecular weight excluding hydrogens is 212 g/mol. The number of piperidine rings is 1. The van der Waals surface area contributed by atoms with Gasteiger partial charge in [-0.25, -0.2) is 0 Å². The van der Waals surface area contributed by atoms with Gasteiger partial charge in [0, 0.05) is 25.2 Å². The van der Waals surface area contributed by atoms with Gasteiger partial charge in [0.05, 0.1) is 0 Å². The van der Waals surface area contributed by atoms with E-state index in [0.29, 0.717) is 12.1 Å². The van der Waals surface area contributed by atoms with Gasteiger partial charge in [0.15, 0.2) is 0 Å². The Labute approximate surface area is 103 Å². The Morgan fingerprint density at radius 3 is 2.82 bits per heavy atom. The molecule has 1 N–H and O–H groups in total. The Hall–Kier alpha value is -1.35. The summed E-state index contributed by atoms with van der Waals surface area (Å²) in [6.07, 6.45) is 2.92. The number of benzene rings is 1. The van der Waals surface area contributed by atoms with E-state index in [1.54, 1.807) is 0 Å². The molecule has 1 aliphatic rings. The van der Waals surface area contributed by atoms with Crippen LogP contribution in [0.3, 0.4) is 0 Å². The van der Waals surface area contributed by atoms with Crippen LogP contribution < -0.4 is 5.32 Å². The summed E-state index contributed by atoms with van der Waals surface area (Å²) in [5, 5.41) is 2.89. The second-order valence-corrected chi connectivity index (χ2v) is 4.81. The van der Waals surface area contributed by atoms with Crippen LogP contribution in [-0.4, -0.2) is 29.9 Å². The summed E-state index contributed by atoms with van der Waals surface area (Å²) in [6.45, 7) is 4.30. The molecule has 0 aliphatic carbocycles. The van der Waals surface area contributed by atoms with Gasteiger partial charge in [0.2, 0.25) is 6.41 Å². The van der Waals surface area contributed by atoms with Crippen LogP contribution >= 0.6 is 0 Å². The van der Waals surface area contributed by atoms with Crippen molar-refractivity contribution >= 4 is 6.41 Å². The predicted molar refractivity (Wildman–Crippen MR) is 68.5 cm³/mol. The van der Waals surface area contributed by atoms with Gasteiger partial charge in [0.1, 0.15) is 0 Å². The smallest absolute Gasteiger partial charge is 0.207 e.